The number of imidazole rings is 1. The van der Waals surface area contributed by atoms with E-state index in [9.17, 15) is 4.79 Å². The van der Waals surface area contributed by atoms with Crippen molar-refractivity contribution in [1.29, 1.82) is 0 Å². The summed E-state index contributed by atoms with van der Waals surface area (Å²) >= 11 is 3.59. The largest absolute Gasteiger partial charge is 0.496 e. The van der Waals surface area contributed by atoms with Gasteiger partial charge in [0, 0.05) is 16.6 Å². The minimum Gasteiger partial charge on any atom is -0.496 e. The molecule has 1 atom stereocenters. The van der Waals surface area contributed by atoms with Gasteiger partial charge in [-0.05, 0) is 71.3 Å². The molecule has 0 amide bonds. The normalized spacial score (nSPS) is 15.5. The van der Waals surface area contributed by atoms with Gasteiger partial charge in [0.25, 0.3) is 5.56 Å². The molecule has 35 heavy (non-hydrogen) atoms. The maximum atomic E-state index is 13.2. The standard InChI is InChI=1S/C29H36BrN3O2/c1-4-6-7-12-19(11-5-2)21-17-24-25(18-26(21)35-3)33-23-16-10-15-22(30)27(23)28(34)31-29(33)32(24)20-13-8-9-14-20/h10,15-20H,4-9,11-14H2,1-3H3. The van der Waals surface area contributed by atoms with Gasteiger partial charge in [-0.25, -0.2) is 0 Å². The zero-order chi connectivity index (χ0) is 24.5. The number of benzene rings is 2. The second kappa shape index (κ2) is 10.3. The molecule has 1 fully saturated rings. The van der Waals surface area contributed by atoms with Gasteiger partial charge in [0.15, 0.2) is 0 Å². The summed E-state index contributed by atoms with van der Waals surface area (Å²) in [6.45, 7) is 4.53. The summed E-state index contributed by atoms with van der Waals surface area (Å²) in [4.78, 5) is 17.9. The average Bonchev–Trinajstić information content (AvgIpc) is 3.48. The Bertz CT molecular complexity index is 1410. The maximum Gasteiger partial charge on any atom is 0.283 e. The lowest BCUT2D eigenvalue weighted by atomic mass is 9.88. The maximum absolute atomic E-state index is 13.2. The average molecular weight is 539 g/mol. The van der Waals surface area contributed by atoms with Crippen molar-refractivity contribution in [3.63, 3.8) is 0 Å². The third-order valence-electron chi connectivity index (χ3n) is 7.81. The van der Waals surface area contributed by atoms with Crippen LogP contribution in [-0.4, -0.2) is 21.1 Å². The van der Waals surface area contributed by atoms with E-state index < -0.39 is 0 Å². The van der Waals surface area contributed by atoms with Crippen molar-refractivity contribution in [3.05, 3.63) is 50.7 Å². The highest BCUT2D eigenvalue weighted by Crippen LogP contribution is 2.41. The van der Waals surface area contributed by atoms with Crippen LogP contribution in [0.5, 0.6) is 5.75 Å². The molecule has 5 nitrogen and oxygen atoms in total. The SMILES string of the molecule is CCCCCC(CCC)c1cc2c(cc1OC)n1c3cccc(Br)c3c(=O)nc1n2C1CCCC1. The van der Waals surface area contributed by atoms with Gasteiger partial charge in [0.05, 0.1) is 29.0 Å². The van der Waals surface area contributed by atoms with Crippen LogP contribution < -0.4 is 10.3 Å². The molecule has 6 heteroatoms. The molecule has 0 saturated heterocycles. The Morgan fingerprint density at radius 2 is 1.86 bits per heavy atom. The van der Waals surface area contributed by atoms with Gasteiger partial charge < -0.3 is 9.30 Å². The lowest BCUT2D eigenvalue weighted by Crippen LogP contribution is -2.14. The molecule has 2 aromatic heterocycles. The van der Waals surface area contributed by atoms with E-state index in [0.29, 0.717) is 17.3 Å². The number of halogens is 1. The van der Waals surface area contributed by atoms with Crippen LogP contribution in [0.4, 0.5) is 0 Å². The number of ether oxygens (including phenoxy) is 1. The third kappa shape index (κ3) is 4.28. The molecular weight excluding hydrogens is 502 g/mol. The molecule has 186 valence electrons. The van der Waals surface area contributed by atoms with Gasteiger partial charge in [-0.1, -0.05) is 58.4 Å². The van der Waals surface area contributed by atoms with Gasteiger partial charge in [-0.3, -0.25) is 9.20 Å². The van der Waals surface area contributed by atoms with Crippen LogP contribution in [0, 0.1) is 0 Å². The second-order valence-corrected chi connectivity index (χ2v) is 10.9. The second-order valence-electron chi connectivity index (χ2n) is 10.1. The first-order chi connectivity index (χ1) is 17.1. The van der Waals surface area contributed by atoms with Crippen LogP contribution in [0.3, 0.4) is 0 Å². The Labute approximate surface area is 215 Å². The number of unbranched alkanes of at least 4 members (excludes halogenated alkanes) is 2. The van der Waals surface area contributed by atoms with Crippen LogP contribution in [0.25, 0.3) is 27.7 Å². The number of hydrogen-bond donors (Lipinski definition) is 0. The Hall–Kier alpha value is -2.34. The third-order valence-corrected chi connectivity index (χ3v) is 8.47. The van der Waals surface area contributed by atoms with E-state index in [1.54, 1.807) is 7.11 Å². The summed E-state index contributed by atoms with van der Waals surface area (Å²) in [5.74, 6) is 2.17. The van der Waals surface area contributed by atoms with Gasteiger partial charge in [-0.15, -0.1) is 0 Å². The molecule has 0 bridgehead atoms. The van der Waals surface area contributed by atoms with Crippen molar-refractivity contribution in [2.45, 2.75) is 90.0 Å². The van der Waals surface area contributed by atoms with Crippen molar-refractivity contribution < 1.29 is 4.74 Å². The summed E-state index contributed by atoms with van der Waals surface area (Å²) < 4.78 is 11.3. The topological polar surface area (TPSA) is 48.5 Å². The van der Waals surface area contributed by atoms with E-state index in [0.717, 1.165) is 52.7 Å². The number of methoxy groups -OCH3 is 1. The Morgan fingerprint density at radius 3 is 2.57 bits per heavy atom. The number of rotatable bonds is 9. The first-order valence-corrected chi connectivity index (χ1v) is 14.1. The van der Waals surface area contributed by atoms with Crippen LogP contribution in [0.15, 0.2) is 39.6 Å². The Morgan fingerprint density at radius 1 is 1.06 bits per heavy atom. The molecule has 0 N–H and O–H groups in total. The minimum atomic E-state index is -0.176. The fourth-order valence-electron chi connectivity index (χ4n) is 6.13. The molecule has 1 unspecified atom stereocenters. The van der Waals surface area contributed by atoms with Crippen LogP contribution in [0.1, 0.15) is 95.6 Å². The molecule has 2 aromatic carbocycles. The number of hydrogen-bond acceptors (Lipinski definition) is 3. The van der Waals surface area contributed by atoms with E-state index in [4.69, 9.17) is 4.74 Å². The van der Waals surface area contributed by atoms with Gasteiger partial charge >= 0.3 is 0 Å². The zero-order valence-electron chi connectivity index (χ0n) is 21.1. The van der Waals surface area contributed by atoms with Crippen LogP contribution in [0.2, 0.25) is 0 Å². The molecule has 1 aliphatic carbocycles. The van der Waals surface area contributed by atoms with E-state index in [-0.39, 0.29) is 5.56 Å². The van der Waals surface area contributed by atoms with Crippen molar-refractivity contribution in [2.24, 2.45) is 0 Å². The first-order valence-electron chi connectivity index (χ1n) is 13.3. The monoisotopic (exact) mass is 537 g/mol. The van der Waals surface area contributed by atoms with Gasteiger partial charge in [0.1, 0.15) is 5.75 Å². The summed E-state index contributed by atoms with van der Waals surface area (Å²) in [5.41, 5.74) is 4.24. The predicted octanol–water partition coefficient (Wildman–Crippen LogP) is 8.15. The van der Waals surface area contributed by atoms with Crippen LogP contribution in [-0.2, 0) is 0 Å². The Kier molecular flexibility index (Phi) is 7.19. The molecule has 2 heterocycles. The molecule has 0 radical (unpaired) electrons. The number of aromatic nitrogens is 3. The molecular formula is C29H36BrN3O2. The first kappa shape index (κ1) is 24.4. The zero-order valence-corrected chi connectivity index (χ0v) is 22.7. The molecule has 0 aliphatic heterocycles. The molecule has 5 rings (SSSR count). The number of fused-ring (bicyclic) bond motifs is 5. The quantitative estimate of drug-likeness (QED) is 0.202. The summed E-state index contributed by atoms with van der Waals surface area (Å²) in [7, 11) is 1.78. The fourth-order valence-corrected chi connectivity index (χ4v) is 6.66. The van der Waals surface area contributed by atoms with Crippen molar-refractivity contribution in [3.8, 4) is 5.75 Å². The smallest absolute Gasteiger partial charge is 0.283 e. The fraction of sp³-hybridized carbons (Fsp3) is 0.517. The van der Waals surface area contributed by atoms with Gasteiger partial charge in [0.2, 0.25) is 5.78 Å². The van der Waals surface area contributed by atoms with E-state index in [2.05, 4.69) is 55.9 Å². The minimum absolute atomic E-state index is 0.176. The molecule has 1 aliphatic rings. The van der Waals surface area contributed by atoms with Crippen molar-refractivity contribution >= 4 is 43.6 Å². The highest BCUT2D eigenvalue weighted by molar-refractivity contribution is 9.10. The predicted molar refractivity (Wildman–Crippen MR) is 148 cm³/mol. The molecule has 1 saturated carbocycles. The van der Waals surface area contributed by atoms with E-state index in [1.165, 1.54) is 49.6 Å². The summed E-state index contributed by atoms with van der Waals surface area (Å²) in [6, 6.07) is 10.9. The van der Waals surface area contributed by atoms with E-state index >= 15 is 0 Å². The Balaban J connectivity index is 1.84. The molecule has 0 spiro atoms. The highest BCUT2D eigenvalue weighted by Gasteiger charge is 2.27. The van der Waals surface area contributed by atoms with Crippen molar-refractivity contribution in [2.75, 3.05) is 7.11 Å². The lowest BCUT2D eigenvalue weighted by molar-refractivity contribution is 0.400. The van der Waals surface area contributed by atoms with Crippen molar-refractivity contribution in [1.82, 2.24) is 14.0 Å². The highest BCUT2D eigenvalue weighted by atomic mass is 79.9. The molecule has 4 aromatic rings. The van der Waals surface area contributed by atoms with E-state index in [1.807, 2.05) is 18.2 Å². The van der Waals surface area contributed by atoms with Gasteiger partial charge in [-0.2, -0.15) is 4.98 Å². The van der Waals surface area contributed by atoms with Crippen LogP contribution >= 0.6 is 15.9 Å². The lowest BCUT2D eigenvalue weighted by Gasteiger charge is -2.21. The number of nitrogens with zero attached hydrogens (tertiary/aromatic N) is 3. The summed E-state index contributed by atoms with van der Waals surface area (Å²) in [5, 5.41) is 0.627. The summed E-state index contributed by atoms with van der Waals surface area (Å²) in [6.07, 6.45) is 11.9.